The number of rotatable bonds is 5. The van der Waals surface area contributed by atoms with Gasteiger partial charge in [0.15, 0.2) is 28.1 Å². The van der Waals surface area contributed by atoms with Gasteiger partial charge in [-0.2, -0.15) is 0 Å². The van der Waals surface area contributed by atoms with Gasteiger partial charge in [-0.3, -0.25) is 19.4 Å². The lowest BCUT2D eigenvalue weighted by Crippen LogP contribution is -2.52. The van der Waals surface area contributed by atoms with E-state index >= 15 is 0 Å². The Morgan fingerprint density at radius 2 is 1.75 bits per heavy atom. The third-order valence-corrected chi connectivity index (χ3v) is 6.29. The van der Waals surface area contributed by atoms with Gasteiger partial charge < -0.3 is 18.9 Å². The normalized spacial score (nSPS) is 15.4. The van der Waals surface area contributed by atoms with Gasteiger partial charge in [0.1, 0.15) is 12.2 Å². The molecule has 4 rings (SSSR count). The van der Waals surface area contributed by atoms with E-state index in [4.69, 9.17) is 31.2 Å². The molecule has 1 fully saturated rings. The van der Waals surface area contributed by atoms with E-state index < -0.39 is 11.8 Å². The van der Waals surface area contributed by atoms with Crippen molar-refractivity contribution in [3.8, 4) is 23.0 Å². The third kappa shape index (κ3) is 4.03. The van der Waals surface area contributed by atoms with Gasteiger partial charge in [0, 0.05) is 18.6 Å². The second-order valence-electron chi connectivity index (χ2n) is 7.07. The van der Waals surface area contributed by atoms with Crippen LogP contribution in [0.4, 0.5) is 0 Å². The highest BCUT2D eigenvalue weighted by molar-refractivity contribution is 9.10. The van der Waals surface area contributed by atoms with Crippen LogP contribution < -0.4 is 18.9 Å². The smallest absolute Gasteiger partial charge is 0.265 e. The van der Waals surface area contributed by atoms with E-state index in [1.54, 1.807) is 12.1 Å². The highest BCUT2D eigenvalue weighted by Crippen LogP contribution is 2.37. The minimum absolute atomic E-state index is 0.000353. The SMILES string of the molecule is COc1cc(C=C2C(=O)N(C)C(=S)N(C)C2=O)c(Br)cc1OCc1ccc2c(c1)OCO2. The molecule has 0 bridgehead atoms. The summed E-state index contributed by atoms with van der Waals surface area (Å²) < 4.78 is 22.8. The Labute approximate surface area is 198 Å². The average molecular weight is 519 g/mol. The molecule has 2 aliphatic rings. The number of likely N-dealkylation sites (N-methyl/N-ethyl adjacent to an activating group) is 2. The van der Waals surface area contributed by atoms with Crippen LogP contribution in [-0.2, 0) is 16.2 Å². The molecule has 8 nitrogen and oxygen atoms in total. The van der Waals surface area contributed by atoms with Gasteiger partial charge in [0.25, 0.3) is 11.8 Å². The molecule has 166 valence electrons. The van der Waals surface area contributed by atoms with Gasteiger partial charge in [0.2, 0.25) is 6.79 Å². The van der Waals surface area contributed by atoms with Gasteiger partial charge in [-0.15, -0.1) is 0 Å². The molecule has 2 aromatic rings. The number of benzene rings is 2. The minimum Gasteiger partial charge on any atom is -0.493 e. The lowest BCUT2D eigenvalue weighted by Gasteiger charge is -2.31. The fraction of sp³-hybridized carbons (Fsp3) is 0.227. The Balaban J connectivity index is 1.59. The molecule has 0 atom stereocenters. The summed E-state index contributed by atoms with van der Waals surface area (Å²) in [7, 11) is 4.58. The molecule has 2 aromatic carbocycles. The summed E-state index contributed by atoms with van der Waals surface area (Å²) in [4.78, 5) is 27.7. The second kappa shape index (κ2) is 8.79. The van der Waals surface area contributed by atoms with Crippen molar-refractivity contribution in [2.45, 2.75) is 6.61 Å². The summed E-state index contributed by atoms with van der Waals surface area (Å²) in [6.07, 6.45) is 1.51. The Kier molecular flexibility index (Phi) is 6.07. The number of carbonyl (C=O) groups excluding carboxylic acids is 2. The second-order valence-corrected chi connectivity index (χ2v) is 8.29. The van der Waals surface area contributed by atoms with E-state index in [1.807, 2.05) is 18.2 Å². The molecule has 10 heteroatoms. The van der Waals surface area contributed by atoms with E-state index in [9.17, 15) is 9.59 Å². The fourth-order valence-corrected chi connectivity index (χ4v) is 3.86. The van der Waals surface area contributed by atoms with Crippen molar-refractivity contribution < 1.29 is 28.5 Å². The standard InChI is InChI=1S/C22H19BrN2O6S/c1-24-20(26)14(21(27)25(2)22(24)32)7-13-8-17(28-3)19(9-15(13)23)29-10-12-4-5-16-18(6-12)31-11-30-16/h4-9H,10-11H2,1-3H3. The molecular weight excluding hydrogens is 500 g/mol. The number of methoxy groups -OCH3 is 1. The van der Waals surface area contributed by atoms with Crippen molar-refractivity contribution in [3.63, 3.8) is 0 Å². The molecule has 0 unspecified atom stereocenters. The lowest BCUT2D eigenvalue weighted by atomic mass is 10.1. The van der Waals surface area contributed by atoms with Crippen molar-refractivity contribution >= 4 is 51.2 Å². The van der Waals surface area contributed by atoms with E-state index in [2.05, 4.69) is 15.9 Å². The van der Waals surface area contributed by atoms with Crippen molar-refractivity contribution in [1.82, 2.24) is 9.80 Å². The molecule has 2 amide bonds. The summed E-state index contributed by atoms with van der Waals surface area (Å²) in [5, 5.41) is 0.154. The van der Waals surface area contributed by atoms with Gasteiger partial charge in [0.05, 0.1) is 7.11 Å². The molecule has 2 heterocycles. The first-order valence-electron chi connectivity index (χ1n) is 9.50. The van der Waals surface area contributed by atoms with E-state index in [0.29, 0.717) is 33.0 Å². The molecule has 0 N–H and O–H groups in total. The van der Waals surface area contributed by atoms with Crippen LogP contribution in [0.5, 0.6) is 23.0 Å². The zero-order chi connectivity index (χ0) is 23.0. The Hall–Kier alpha value is -3.11. The quantitative estimate of drug-likeness (QED) is 0.341. The number of hydrogen-bond acceptors (Lipinski definition) is 7. The molecule has 0 spiro atoms. The zero-order valence-electron chi connectivity index (χ0n) is 17.5. The Morgan fingerprint density at radius 3 is 2.44 bits per heavy atom. The number of hydrogen-bond donors (Lipinski definition) is 0. The summed E-state index contributed by atoms with van der Waals surface area (Å²) in [5.41, 5.74) is 1.49. The first kappa shape index (κ1) is 22.1. The molecular formula is C22H19BrN2O6S. The number of fused-ring (bicyclic) bond motifs is 1. The van der Waals surface area contributed by atoms with Gasteiger partial charge in [-0.05, 0) is 53.7 Å². The number of thiocarbonyl (C=S) groups is 1. The predicted octanol–water partition coefficient (Wildman–Crippen LogP) is 3.36. The van der Waals surface area contributed by atoms with Crippen molar-refractivity contribution in [1.29, 1.82) is 0 Å². The molecule has 32 heavy (non-hydrogen) atoms. The third-order valence-electron chi connectivity index (χ3n) is 5.06. The first-order valence-corrected chi connectivity index (χ1v) is 10.7. The van der Waals surface area contributed by atoms with Gasteiger partial charge in [-0.25, -0.2) is 0 Å². The fourth-order valence-electron chi connectivity index (χ4n) is 3.26. The van der Waals surface area contributed by atoms with E-state index in [0.717, 1.165) is 5.56 Å². The van der Waals surface area contributed by atoms with Gasteiger partial charge in [-0.1, -0.05) is 22.0 Å². The summed E-state index contributed by atoms with van der Waals surface area (Å²) >= 11 is 8.62. The number of nitrogens with zero attached hydrogens (tertiary/aromatic N) is 2. The molecule has 1 saturated heterocycles. The monoisotopic (exact) mass is 518 g/mol. The topological polar surface area (TPSA) is 77.5 Å². The van der Waals surface area contributed by atoms with Crippen LogP contribution in [0.3, 0.4) is 0 Å². The van der Waals surface area contributed by atoms with E-state index in [1.165, 1.54) is 37.1 Å². The highest BCUT2D eigenvalue weighted by atomic mass is 79.9. The number of amides is 2. The van der Waals surface area contributed by atoms with Crippen LogP contribution in [0, 0.1) is 0 Å². The van der Waals surface area contributed by atoms with Crippen LogP contribution in [0.2, 0.25) is 0 Å². The number of carbonyl (C=O) groups is 2. The maximum Gasteiger partial charge on any atom is 0.265 e. The Bertz CT molecular complexity index is 1140. The molecule has 0 aliphatic carbocycles. The average Bonchev–Trinajstić information content (AvgIpc) is 3.26. The van der Waals surface area contributed by atoms with Gasteiger partial charge >= 0.3 is 0 Å². The van der Waals surface area contributed by atoms with Crippen molar-refractivity contribution in [2.75, 3.05) is 28.0 Å². The summed E-state index contributed by atoms with van der Waals surface area (Å²) in [6, 6.07) is 9.01. The van der Waals surface area contributed by atoms with E-state index in [-0.39, 0.29) is 24.1 Å². The van der Waals surface area contributed by atoms with Crippen LogP contribution in [0.25, 0.3) is 6.08 Å². The molecule has 2 aliphatic heterocycles. The Morgan fingerprint density at radius 1 is 1.06 bits per heavy atom. The maximum atomic E-state index is 12.6. The van der Waals surface area contributed by atoms with Crippen LogP contribution >= 0.6 is 28.1 Å². The van der Waals surface area contributed by atoms with Crippen LogP contribution in [0.15, 0.2) is 40.4 Å². The molecule has 0 saturated carbocycles. The molecule has 0 radical (unpaired) electrons. The molecule has 0 aromatic heterocycles. The van der Waals surface area contributed by atoms with Crippen molar-refractivity contribution in [3.05, 3.63) is 51.5 Å². The van der Waals surface area contributed by atoms with Crippen molar-refractivity contribution in [2.24, 2.45) is 0 Å². The lowest BCUT2D eigenvalue weighted by molar-refractivity contribution is -0.132. The number of halogens is 1. The first-order chi connectivity index (χ1) is 15.3. The van der Waals surface area contributed by atoms with Crippen LogP contribution in [-0.4, -0.2) is 54.7 Å². The maximum absolute atomic E-state index is 12.6. The van der Waals surface area contributed by atoms with Crippen LogP contribution in [0.1, 0.15) is 11.1 Å². The minimum atomic E-state index is -0.466. The summed E-state index contributed by atoms with van der Waals surface area (Å²) in [6.45, 7) is 0.490. The largest absolute Gasteiger partial charge is 0.493 e. The zero-order valence-corrected chi connectivity index (χ0v) is 19.9. The highest BCUT2D eigenvalue weighted by Gasteiger charge is 2.35. The number of ether oxygens (including phenoxy) is 4. The summed E-state index contributed by atoms with van der Waals surface area (Å²) in [5.74, 6) is 1.40. The predicted molar refractivity (Wildman–Crippen MR) is 124 cm³/mol.